The molecule has 29 heavy (non-hydrogen) atoms. The zero-order chi connectivity index (χ0) is 20.4. The Hall–Kier alpha value is -2.73. The van der Waals surface area contributed by atoms with Gasteiger partial charge in [0, 0.05) is 5.69 Å². The summed E-state index contributed by atoms with van der Waals surface area (Å²) >= 11 is 5.64. The molecule has 1 aliphatic heterocycles. The number of anilines is 1. The lowest BCUT2D eigenvalue weighted by Crippen LogP contribution is -2.51. The van der Waals surface area contributed by atoms with E-state index in [1.165, 1.54) is 0 Å². The average Bonchev–Trinajstić information content (AvgIpc) is 2.95. The van der Waals surface area contributed by atoms with Crippen LogP contribution in [0.4, 0.5) is 10.5 Å². The smallest absolute Gasteiger partial charge is 0.423 e. The Bertz CT molecular complexity index is 921. The first-order valence-corrected chi connectivity index (χ1v) is 10.4. The van der Waals surface area contributed by atoms with Crippen molar-refractivity contribution in [3.05, 3.63) is 65.7 Å². The summed E-state index contributed by atoms with van der Waals surface area (Å²) in [6.07, 6.45) is 3.61. The Balaban J connectivity index is 1.63. The van der Waals surface area contributed by atoms with Gasteiger partial charge in [0.1, 0.15) is 12.1 Å². The second-order valence-corrected chi connectivity index (χ2v) is 8.09. The Kier molecular flexibility index (Phi) is 5.37. The summed E-state index contributed by atoms with van der Waals surface area (Å²) in [5.41, 5.74) is 2.04. The van der Waals surface area contributed by atoms with Crippen molar-refractivity contribution in [2.75, 3.05) is 4.90 Å². The highest BCUT2D eigenvalue weighted by Gasteiger charge is 2.58. The maximum atomic E-state index is 13.5. The van der Waals surface area contributed by atoms with Gasteiger partial charge in [0.15, 0.2) is 5.11 Å². The van der Waals surface area contributed by atoms with Crippen LogP contribution in [0.15, 0.2) is 54.6 Å². The number of rotatable bonds is 3. The number of ether oxygens (including phenoxy) is 1. The predicted molar refractivity (Wildman–Crippen MR) is 116 cm³/mol. The molecule has 1 spiro atoms. The van der Waals surface area contributed by atoms with Crippen molar-refractivity contribution in [1.82, 2.24) is 4.90 Å². The highest BCUT2D eigenvalue weighted by molar-refractivity contribution is 7.80. The van der Waals surface area contributed by atoms with Gasteiger partial charge in [-0.2, -0.15) is 4.90 Å². The van der Waals surface area contributed by atoms with Crippen molar-refractivity contribution in [1.29, 1.82) is 0 Å². The molecule has 6 heteroatoms. The zero-order valence-corrected chi connectivity index (χ0v) is 17.3. The van der Waals surface area contributed by atoms with Crippen LogP contribution in [-0.4, -0.2) is 27.6 Å². The number of benzene rings is 2. The molecule has 2 fully saturated rings. The summed E-state index contributed by atoms with van der Waals surface area (Å²) in [6, 6.07) is 17.3. The largest absolute Gasteiger partial charge is 0.444 e. The fraction of sp³-hybridized carbons (Fsp3) is 0.348. The zero-order valence-electron chi connectivity index (χ0n) is 16.5. The number of nitrogens with zero attached hydrogens (tertiary/aromatic N) is 2. The molecule has 1 heterocycles. The van der Waals surface area contributed by atoms with E-state index in [4.69, 9.17) is 17.0 Å². The third-order valence-corrected chi connectivity index (χ3v) is 6.14. The first-order chi connectivity index (χ1) is 14.0. The standard InChI is InChI=1S/C23H24N2O3S/c1-17-10-12-19(13-11-17)25-21(29)24(20(26)23(25)14-6-3-7-15-23)22(27)28-16-18-8-4-2-5-9-18/h2,4-5,8-13H,3,6-7,14-16H2,1H3. The molecule has 2 aromatic carbocycles. The van der Waals surface area contributed by atoms with Gasteiger partial charge < -0.3 is 9.64 Å². The second-order valence-electron chi connectivity index (χ2n) is 7.73. The Morgan fingerprint density at radius 1 is 1.03 bits per heavy atom. The molecule has 0 aromatic heterocycles. The molecule has 1 aliphatic carbocycles. The van der Waals surface area contributed by atoms with Crippen LogP contribution in [0.3, 0.4) is 0 Å². The Labute approximate surface area is 176 Å². The Morgan fingerprint density at radius 2 is 1.69 bits per heavy atom. The van der Waals surface area contributed by atoms with Crippen LogP contribution in [-0.2, 0) is 16.1 Å². The average molecular weight is 409 g/mol. The van der Waals surface area contributed by atoms with Crippen molar-refractivity contribution in [3.8, 4) is 0 Å². The van der Waals surface area contributed by atoms with Gasteiger partial charge in [-0.1, -0.05) is 67.3 Å². The highest BCUT2D eigenvalue weighted by atomic mass is 32.1. The maximum Gasteiger partial charge on any atom is 0.423 e. The first kappa shape index (κ1) is 19.6. The van der Waals surface area contributed by atoms with Crippen LogP contribution in [0.5, 0.6) is 0 Å². The number of thiocarbonyl (C=S) groups is 1. The fourth-order valence-corrected chi connectivity index (χ4v) is 4.68. The van der Waals surface area contributed by atoms with Crippen molar-refractivity contribution < 1.29 is 14.3 Å². The number of carbonyl (C=O) groups is 2. The van der Waals surface area contributed by atoms with Crippen LogP contribution in [0.25, 0.3) is 0 Å². The van der Waals surface area contributed by atoms with Crippen molar-refractivity contribution >= 4 is 35.0 Å². The van der Waals surface area contributed by atoms with Gasteiger partial charge in [-0.05, 0) is 49.7 Å². The van der Waals surface area contributed by atoms with Crippen LogP contribution < -0.4 is 4.90 Å². The lowest BCUT2D eigenvalue weighted by molar-refractivity contribution is -0.130. The molecule has 150 valence electrons. The van der Waals surface area contributed by atoms with Crippen LogP contribution in [0, 0.1) is 6.92 Å². The number of carbonyl (C=O) groups excluding carboxylic acids is 2. The van der Waals surface area contributed by atoms with Crippen molar-refractivity contribution in [3.63, 3.8) is 0 Å². The summed E-state index contributed by atoms with van der Waals surface area (Å²) in [6.45, 7) is 2.12. The van der Waals surface area contributed by atoms with E-state index in [-0.39, 0.29) is 17.6 Å². The van der Waals surface area contributed by atoms with Crippen LogP contribution >= 0.6 is 12.2 Å². The minimum absolute atomic E-state index is 0.101. The van der Waals surface area contributed by atoms with E-state index in [1.807, 2.05) is 66.4 Å². The molecule has 2 aromatic rings. The van der Waals surface area contributed by atoms with Gasteiger partial charge in [-0.3, -0.25) is 4.79 Å². The molecule has 2 aliphatic rings. The lowest BCUT2D eigenvalue weighted by Gasteiger charge is -2.39. The fourth-order valence-electron chi connectivity index (χ4n) is 4.24. The van der Waals surface area contributed by atoms with E-state index in [0.29, 0.717) is 12.8 Å². The van der Waals surface area contributed by atoms with E-state index in [2.05, 4.69) is 0 Å². The minimum atomic E-state index is -0.795. The van der Waals surface area contributed by atoms with E-state index < -0.39 is 11.6 Å². The third-order valence-electron chi connectivity index (χ3n) is 5.77. The summed E-state index contributed by atoms with van der Waals surface area (Å²) in [7, 11) is 0. The number of hydrogen-bond acceptors (Lipinski definition) is 4. The summed E-state index contributed by atoms with van der Waals surface area (Å²) in [5, 5.41) is 0.207. The van der Waals surface area contributed by atoms with E-state index >= 15 is 0 Å². The van der Waals surface area contributed by atoms with Crippen molar-refractivity contribution in [2.24, 2.45) is 0 Å². The Morgan fingerprint density at radius 3 is 2.34 bits per heavy atom. The lowest BCUT2D eigenvalue weighted by atomic mass is 9.80. The quantitative estimate of drug-likeness (QED) is 0.671. The van der Waals surface area contributed by atoms with Gasteiger partial charge in [-0.25, -0.2) is 4.79 Å². The highest BCUT2D eigenvalue weighted by Crippen LogP contribution is 2.43. The summed E-state index contributed by atoms with van der Waals surface area (Å²) < 4.78 is 5.44. The topological polar surface area (TPSA) is 49.9 Å². The number of aryl methyl sites for hydroxylation is 1. The van der Waals surface area contributed by atoms with Gasteiger partial charge in [0.05, 0.1) is 0 Å². The third kappa shape index (κ3) is 3.53. The van der Waals surface area contributed by atoms with Crippen molar-refractivity contribution in [2.45, 2.75) is 51.2 Å². The van der Waals surface area contributed by atoms with E-state index in [0.717, 1.165) is 41.0 Å². The van der Waals surface area contributed by atoms with Gasteiger partial charge >= 0.3 is 6.09 Å². The molecule has 2 amide bonds. The minimum Gasteiger partial charge on any atom is -0.444 e. The van der Waals surface area contributed by atoms with E-state index in [9.17, 15) is 9.59 Å². The maximum absolute atomic E-state index is 13.5. The molecule has 0 unspecified atom stereocenters. The number of imide groups is 1. The molecule has 1 saturated carbocycles. The second kappa shape index (κ2) is 7.95. The number of amides is 2. The summed E-state index contributed by atoms with van der Waals surface area (Å²) in [4.78, 5) is 29.3. The molecular formula is C23H24N2O3S. The van der Waals surface area contributed by atoms with Gasteiger partial charge in [0.2, 0.25) is 0 Å². The normalized spacial score (nSPS) is 18.4. The molecular weight excluding hydrogens is 384 g/mol. The molecule has 4 rings (SSSR count). The predicted octanol–water partition coefficient (Wildman–Crippen LogP) is 4.97. The monoisotopic (exact) mass is 408 g/mol. The van der Waals surface area contributed by atoms with Gasteiger partial charge in [-0.15, -0.1) is 0 Å². The molecule has 0 bridgehead atoms. The molecule has 1 saturated heterocycles. The number of hydrogen-bond donors (Lipinski definition) is 0. The molecule has 5 nitrogen and oxygen atoms in total. The summed E-state index contributed by atoms with van der Waals surface area (Å²) in [5.74, 6) is -0.263. The molecule has 0 radical (unpaired) electrons. The van der Waals surface area contributed by atoms with Gasteiger partial charge in [0.25, 0.3) is 5.91 Å². The van der Waals surface area contributed by atoms with Crippen LogP contribution in [0.1, 0.15) is 43.2 Å². The SMILES string of the molecule is Cc1ccc(N2C(=S)N(C(=O)OCc3ccccc3)C(=O)C23CCCCC3)cc1. The van der Waals surface area contributed by atoms with Crippen LogP contribution in [0.2, 0.25) is 0 Å². The first-order valence-electron chi connectivity index (χ1n) is 9.99. The molecule has 0 atom stereocenters. The van der Waals surface area contributed by atoms with E-state index in [1.54, 1.807) is 0 Å². The molecule has 0 N–H and O–H groups in total.